The summed E-state index contributed by atoms with van der Waals surface area (Å²) in [7, 11) is 0. The van der Waals surface area contributed by atoms with Gasteiger partial charge in [-0.15, -0.1) is 0 Å². The first-order valence-electron chi connectivity index (χ1n) is 5.42. The fourth-order valence-corrected chi connectivity index (χ4v) is 2.34. The van der Waals surface area contributed by atoms with Crippen LogP contribution >= 0.6 is 0 Å². The Morgan fingerprint density at radius 2 is 1.50 bits per heavy atom. The maximum atomic E-state index is 12.6. The van der Waals surface area contributed by atoms with Gasteiger partial charge < -0.3 is 5.32 Å². The normalized spacial score (nSPS) is 30.1. The zero-order valence-corrected chi connectivity index (χ0v) is 9.53. The predicted octanol–water partition coefficient (Wildman–Crippen LogP) is 3.03. The summed E-state index contributed by atoms with van der Waals surface area (Å²) < 4.78 is 75.4. The number of alkyl halides is 6. The van der Waals surface area contributed by atoms with Crippen LogP contribution in [0.2, 0.25) is 0 Å². The lowest BCUT2D eigenvalue weighted by molar-refractivity contribution is -0.264. The van der Waals surface area contributed by atoms with Gasteiger partial charge in [0.25, 0.3) is 0 Å². The summed E-state index contributed by atoms with van der Waals surface area (Å²) in [5.74, 6) is -5.35. The largest absolute Gasteiger partial charge is 0.392 e. The average Bonchev–Trinajstić information content (AvgIpc) is 2.13. The fraction of sp³-hybridized carbons (Fsp3) is 0.900. The molecule has 0 aromatic heterocycles. The molecule has 18 heavy (non-hydrogen) atoms. The molecule has 3 unspecified atom stereocenters. The van der Waals surface area contributed by atoms with Crippen molar-refractivity contribution in [1.29, 1.82) is 0 Å². The molecule has 0 bridgehead atoms. The minimum absolute atomic E-state index is 0.0870. The van der Waals surface area contributed by atoms with Crippen LogP contribution in [0.3, 0.4) is 0 Å². The Labute approximate surface area is 99.7 Å². The van der Waals surface area contributed by atoms with E-state index < -0.39 is 49.0 Å². The molecule has 1 fully saturated rings. The van der Waals surface area contributed by atoms with Crippen LogP contribution in [0.4, 0.5) is 26.3 Å². The second-order valence-electron chi connectivity index (χ2n) is 4.51. The standard InChI is InChI=1S/C10H13F6NO/c1-5(18)17-6-2-3-7(9(11,12)13)8(4-6)10(14,15)16/h6-8H,2-4H2,1H3,(H,17,18). The van der Waals surface area contributed by atoms with Crippen molar-refractivity contribution in [2.24, 2.45) is 11.8 Å². The first kappa shape index (κ1) is 15.1. The van der Waals surface area contributed by atoms with Gasteiger partial charge >= 0.3 is 12.4 Å². The number of halogens is 6. The molecule has 1 amide bonds. The van der Waals surface area contributed by atoms with E-state index in [0.29, 0.717) is 0 Å². The second kappa shape index (κ2) is 4.97. The van der Waals surface area contributed by atoms with Gasteiger partial charge in [0.15, 0.2) is 0 Å². The predicted molar refractivity (Wildman–Crippen MR) is 50.5 cm³/mol. The van der Waals surface area contributed by atoms with Crippen molar-refractivity contribution in [3.05, 3.63) is 0 Å². The average molecular weight is 277 g/mol. The molecular formula is C10H13F6NO. The third-order valence-corrected chi connectivity index (χ3v) is 3.10. The van der Waals surface area contributed by atoms with E-state index in [1.807, 2.05) is 0 Å². The minimum Gasteiger partial charge on any atom is -0.354 e. The van der Waals surface area contributed by atoms with Gasteiger partial charge in [-0.2, -0.15) is 26.3 Å². The van der Waals surface area contributed by atoms with Crippen molar-refractivity contribution in [1.82, 2.24) is 5.32 Å². The van der Waals surface area contributed by atoms with Crippen LogP contribution in [0.1, 0.15) is 26.2 Å². The zero-order valence-electron chi connectivity index (χ0n) is 9.53. The highest BCUT2D eigenvalue weighted by Gasteiger charge is 2.56. The SMILES string of the molecule is CC(=O)NC1CCC(C(F)(F)F)C(C(F)(F)F)C1. The molecule has 8 heteroatoms. The van der Waals surface area contributed by atoms with Crippen molar-refractivity contribution in [3.63, 3.8) is 0 Å². The van der Waals surface area contributed by atoms with Gasteiger partial charge in [0.05, 0.1) is 11.8 Å². The number of amides is 1. The molecule has 3 atom stereocenters. The molecule has 106 valence electrons. The van der Waals surface area contributed by atoms with Crippen molar-refractivity contribution >= 4 is 5.91 Å². The van der Waals surface area contributed by atoms with Crippen LogP contribution in [0, 0.1) is 11.8 Å². The van der Waals surface area contributed by atoms with Gasteiger partial charge in [-0.05, 0) is 19.3 Å². The highest BCUT2D eigenvalue weighted by Crippen LogP contribution is 2.48. The van der Waals surface area contributed by atoms with E-state index in [4.69, 9.17) is 0 Å². The molecule has 0 aromatic carbocycles. The Hall–Kier alpha value is -0.950. The van der Waals surface area contributed by atoms with Crippen LogP contribution < -0.4 is 5.32 Å². The molecule has 0 heterocycles. The maximum Gasteiger partial charge on any atom is 0.392 e. The summed E-state index contributed by atoms with van der Waals surface area (Å²) in [4.78, 5) is 10.7. The molecule has 0 saturated heterocycles. The van der Waals surface area contributed by atoms with E-state index in [-0.39, 0.29) is 6.42 Å². The highest BCUT2D eigenvalue weighted by molar-refractivity contribution is 5.73. The first-order chi connectivity index (χ1) is 8.01. The summed E-state index contributed by atoms with van der Waals surface area (Å²) in [6.45, 7) is 1.12. The topological polar surface area (TPSA) is 29.1 Å². The van der Waals surface area contributed by atoms with Crippen molar-refractivity contribution in [3.8, 4) is 0 Å². The summed E-state index contributed by atoms with van der Waals surface area (Å²) in [5.41, 5.74) is 0. The molecule has 1 rings (SSSR count). The van der Waals surface area contributed by atoms with Crippen LogP contribution in [0.15, 0.2) is 0 Å². The second-order valence-corrected chi connectivity index (χ2v) is 4.51. The number of nitrogens with one attached hydrogen (secondary N) is 1. The van der Waals surface area contributed by atoms with E-state index in [1.54, 1.807) is 0 Å². The lowest BCUT2D eigenvalue weighted by atomic mass is 9.76. The molecule has 0 radical (unpaired) electrons. The van der Waals surface area contributed by atoms with Crippen LogP contribution in [-0.4, -0.2) is 24.3 Å². The van der Waals surface area contributed by atoms with Crippen LogP contribution in [0.5, 0.6) is 0 Å². The quantitative estimate of drug-likeness (QED) is 0.733. The first-order valence-corrected chi connectivity index (χ1v) is 5.42. The van der Waals surface area contributed by atoms with Gasteiger partial charge in [0, 0.05) is 13.0 Å². The third kappa shape index (κ3) is 3.78. The van der Waals surface area contributed by atoms with E-state index in [0.717, 1.165) is 6.92 Å². The van der Waals surface area contributed by atoms with Crippen molar-refractivity contribution in [2.75, 3.05) is 0 Å². The van der Waals surface area contributed by atoms with Crippen molar-refractivity contribution in [2.45, 2.75) is 44.6 Å². The number of rotatable bonds is 1. The van der Waals surface area contributed by atoms with E-state index in [2.05, 4.69) is 5.32 Å². The highest BCUT2D eigenvalue weighted by atomic mass is 19.4. The van der Waals surface area contributed by atoms with Crippen LogP contribution in [0.25, 0.3) is 0 Å². The maximum absolute atomic E-state index is 12.6. The number of carbonyl (C=O) groups excluding carboxylic acids is 1. The van der Waals surface area contributed by atoms with Gasteiger partial charge in [0.1, 0.15) is 0 Å². The van der Waals surface area contributed by atoms with Gasteiger partial charge in [0.2, 0.25) is 5.91 Å². The minimum atomic E-state index is -4.91. The lowest BCUT2D eigenvalue weighted by Gasteiger charge is -2.38. The number of hydrogen-bond acceptors (Lipinski definition) is 1. The Morgan fingerprint density at radius 1 is 1.00 bits per heavy atom. The third-order valence-electron chi connectivity index (χ3n) is 3.10. The molecule has 1 saturated carbocycles. The van der Waals surface area contributed by atoms with Gasteiger partial charge in [-0.25, -0.2) is 0 Å². The summed E-state index contributed by atoms with van der Waals surface area (Å²) in [6.07, 6.45) is -11.2. The Balaban J connectivity index is 2.83. The fourth-order valence-electron chi connectivity index (χ4n) is 2.34. The van der Waals surface area contributed by atoms with E-state index in [9.17, 15) is 31.1 Å². The van der Waals surface area contributed by atoms with E-state index in [1.165, 1.54) is 0 Å². The monoisotopic (exact) mass is 277 g/mol. The molecule has 1 N–H and O–H groups in total. The summed E-state index contributed by atoms with van der Waals surface area (Å²) in [6, 6.07) is -0.840. The number of carbonyl (C=O) groups is 1. The molecule has 0 aliphatic heterocycles. The number of hydrogen-bond donors (Lipinski definition) is 1. The Bertz CT molecular complexity index is 310. The van der Waals surface area contributed by atoms with Crippen molar-refractivity contribution < 1.29 is 31.1 Å². The van der Waals surface area contributed by atoms with Gasteiger partial charge in [-0.3, -0.25) is 4.79 Å². The molecule has 0 aromatic rings. The zero-order chi connectivity index (χ0) is 14.1. The molecule has 0 spiro atoms. The molecule has 1 aliphatic carbocycles. The van der Waals surface area contributed by atoms with E-state index >= 15 is 0 Å². The van der Waals surface area contributed by atoms with Gasteiger partial charge in [-0.1, -0.05) is 0 Å². The Morgan fingerprint density at radius 3 is 1.89 bits per heavy atom. The lowest BCUT2D eigenvalue weighted by Crippen LogP contribution is -2.48. The Kier molecular flexibility index (Phi) is 4.17. The van der Waals surface area contributed by atoms with Crippen LogP contribution in [-0.2, 0) is 4.79 Å². The summed E-state index contributed by atoms with van der Waals surface area (Å²) >= 11 is 0. The molecule has 2 nitrogen and oxygen atoms in total. The summed E-state index contributed by atoms with van der Waals surface area (Å²) in [5, 5.41) is 2.25. The molecule has 1 aliphatic rings. The molecular weight excluding hydrogens is 264 g/mol. The smallest absolute Gasteiger partial charge is 0.354 e.